The van der Waals surface area contributed by atoms with E-state index in [2.05, 4.69) is 5.10 Å². The Morgan fingerprint density at radius 1 is 1.50 bits per heavy atom. The van der Waals surface area contributed by atoms with E-state index in [1.54, 1.807) is 0 Å². The van der Waals surface area contributed by atoms with E-state index in [1.165, 1.54) is 4.68 Å². The Labute approximate surface area is 94.6 Å². The SMILES string of the molecule is CCn1nc(CC(C)(C)C)c([N+](=O)[O-])c1N. The average Bonchev–Trinajstić information content (AvgIpc) is 2.39. The van der Waals surface area contributed by atoms with Gasteiger partial charge >= 0.3 is 5.69 Å². The molecule has 16 heavy (non-hydrogen) atoms. The van der Waals surface area contributed by atoms with Gasteiger partial charge in [-0.05, 0) is 12.3 Å². The van der Waals surface area contributed by atoms with E-state index < -0.39 is 4.92 Å². The van der Waals surface area contributed by atoms with Crippen LogP contribution in [-0.2, 0) is 13.0 Å². The third-order valence-corrected chi connectivity index (χ3v) is 2.22. The molecule has 0 aliphatic heterocycles. The summed E-state index contributed by atoms with van der Waals surface area (Å²) in [5.41, 5.74) is 6.07. The molecule has 0 unspecified atom stereocenters. The lowest BCUT2D eigenvalue weighted by molar-refractivity contribution is -0.384. The lowest BCUT2D eigenvalue weighted by atomic mass is 9.90. The van der Waals surface area contributed by atoms with Gasteiger partial charge in [0, 0.05) is 13.0 Å². The molecule has 0 spiro atoms. The van der Waals surface area contributed by atoms with Crippen LogP contribution in [0.15, 0.2) is 0 Å². The van der Waals surface area contributed by atoms with Crippen molar-refractivity contribution in [2.75, 3.05) is 5.73 Å². The van der Waals surface area contributed by atoms with Gasteiger partial charge in [0.2, 0.25) is 5.82 Å². The Kier molecular flexibility index (Phi) is 3.21. The van der Waals surface area contributed by atoms with Gasteiger partial charge in [-0.2, -0.15) is 5.10 Å². The molecule has 0 saturated heterocycles. The maximum Gasteiger partial charge on any atom is 0.333 e. The monoisotopic (exact) mass is 226 g/mol. The van der Waals surface area contributed by atoms with Crippen molar-refractivity contribution >= 4 is 11.5 Å². The zero-order valence-electron chi connectivity index (χ0n) is 10.1. The van der Waals surface area contributed by atoms with Gasteiger partial charge in [0.05, 0.1) is 4.92 Å². The zero-order chi connectivity index (χ0) is 12.5. The van der Waals surface area contributed by atoms with Crippen LogP contribution in [0.25, 0.3) is 0 Å². The molecule has 0 aliphatic rings. The minimum Gasteiger partial charge on any atom is -0.378 e. The quantitative estimate of drug-likeness (QED) is 0.630. The molecule has 0 radical (unpaired) electrons. The molecule has 0 bridgehead atoms. The van der Waals surface area contributed by atoms with Gasteiger partial charge in [-0.3, -0.25) is 10.1 Å². The molecule has 0 aliphatic carbocycles. The third kappa shape index (κ3) is 2.50. The standard InChI is InChI=1S/C10H18N4O2/c1-5-13-9(11)8(14(15)16)7(12-13)6-10(2,3)4/h5-6,11H2,1-4H3. The largest absolute Gasteiger partial charge is 0.378 e. The van der Waals surface area contributed by atoms with E-state index >= 15 is 0 Å². The molecule has 0 fully saturated rings. The van der Waals surface area contributed by atoms with Gasteiger partial charge in [-0.1, -0.05) is 20.8 Å². The van der Waals surface area contributed by atoms with E-state index in [0.717, 1.165) is 0 Å². The highest BCUT2D eigenvalue weighted by atomic mass is 16.6. The molecule has 1 rings (SSSR count). The van der Waals surface area contributed by atoms with Crippen molar-refractivity contribution in [2.24, 2.45) is 5.41 Å². The molecular formula is C10H18N4O2. The number of nitro groups is 1. The Hall–Kier alpha value is -1.59. The zero-order valence-corrected chi connectivity index (χ0v) is 10.1. The number of nitrogens with zero attached hydrogens (tertiary/aromatic N) is 3. The Morgan fingerprint density at radius 2 is 2.06 bits per heavy atom. The van der Waals surface area contributed by atoms with Crippen LogP contribution in [0.2, 0.25) is 0 Å². The Balaban J connectivity index is 3.22. The number of hydrogen-bond acceptors (Lipinski definition) is 4. The van der Waals surface area contributed by atoms with Crippen molar-refractivity contribution in [1.82, 2.24) is 9.78 Å². The minimum absolute atomic E-state index is 0.0447. The highest BCUT2D eigenvalue weighted by molar-refractivity contribution is 5.56. The first-order valence-corrected chi connectivity index (χ1v) is 5.26. The van der Waals surface area contributed by atoms with Gasteiger partial charge in [0.25, 0.3) is 0 Å². The maximum absolute atomic E-state index is 10.9. The second-order valence-electron chi connectivity index (χ2n) is 4.99. The second-order valence-corrected chi connectivity index (χ2v) is 4.99. The Morgan fingerprint density at radius 3 is 2.44 bits per heavy atom. The van der Waals surface area contributed by atoms with E-state index in [9.17, 15) is 10.1 Å². The molecule has 1 aromatic heterocycles. The normalized spacial score (nSPS) is 11.8. The number of nitrogen functional groups attached to an aromatic ring is 1. The number of rotatable bonds is 3. The molecule has 0 amide bonds. The van der Waals surface area contributed by atoms with Crippen molar-refractivity contribution in [3.63, 3.8) is 0 Å². The van der Waals surface area contributed by atoms with Crippen molar-refractivity contribution in [3.8, 4) is 0 Å². The summed E-state index contributed by atoms with van der Waals surface area (Å²) in [4.78, 5) is 10.5. The smallest absolute Gasteiger partial charge is 0.333 e. The predicted octanol–water partition coefficient (Wildman–Crippen LogP) is 1.98. The van der Waals surface area contributed by atoms with Gasteiger partial charge in [0.15, 0.2) is 0 Å². The van der Waals surface area contributed by atoms with Gasteiger partial charge in [-0.25, -0.2) is 4.68 Å². The summed E-state index contributed by atoms with van der Waals surface area (Å²) in [5.74, 6) is 0.145. The number of anilines is 1. The minimum atomic E-state index is -0.449. The summed E-state index contributed by atoms with van der Waals surface area (Å²) < 4.78 is 1.47. The first-order valence-electron chi connectivity index (χ1n) is 5.26. The lowest BCUT2D eigenvalue weighted by Crippen LogP contribution is -2.11. The molecule has 6 heteroatoms. The van der Waals surface area contributed by atoms with Crippen molar-refractivity contribution < 1.29 is 4.92 Å². The van der Waals surface area contributed by atoms with Crippen LogP contribution >= 0.6 is 0 Å². The van der Waals surface area contributed by atoms with E-state index in [4.69, 9.17) is 5.73 Å². The van der Waals surface area contributed by atoms with E-state index in [1.807, 2.05) is 27.7 Å². The Bertz CT molecular complexity index is 404. The predicted molar refractivity (Wildman–Crippen MR) is 62.1 cm³/mol. The fraction of sp³-hybridized carbons (Fsp3) is 0.700. The van der Waals surface area contributed by atoms with Crippen LogP contribution in [0.3, 0.4) is 0 Å². The summed E-state index contributed by atoms with van der Waals surface area (Å²) in [6.07, 6.45) is 0.542. The highest BCUT2D eigenvalue weighted by Gasteiger charge is 2.28. The fourth-order valence-electron chi connectivity index (χ4n) is 1.58. The molecule has 90 valence electrons. The molecule has 6 nitrogen and oxygen atoms in total. The number of aryl methyl sites for hydroxylation is 1. The van der Waals surface area contributed by atoms with Crippen LogP contribution in [0.4, 0.5) is 11.5 Å². The lowest BCUT2D eigenvalue weighted by Gasteiger charge is -2.15. The van der Waals surface area contributed by atoms with Crippen LogP contribution in [-0.4, -0.2) is 14.7 Å². The fourth-order valence-corrected chi connectivity index (χ4v) is 1.58. The van der Waals surface area contributed by atoms with E-state index in [-0.39, 0.29) is 16.9 Å². The van der Waals surface area contributed by atoms with Gasteiger partial charge in [-0.15, -0.1) is 0 Å². The van der Waals surface area contributed by atoms with Crippen molar-refractivity contribution in [1.29, 1.82) is 0 Å². The number of aromatic nitrogens is 2. The summed E-state index contributed by atoms with van der Waals surface area (Å²) >= 11 is 0. The first kappa shape index (κ1) is 12.5. The molecule has 0 saturated carbocycles. The summed E-state index contributed by atoms with van der Waals surface area (Å²) in [7, 11) is 0. The van der Waals surface area contributed by atoms with Crippen LogP contribution in [0, 0.1) is 15.5 Å². The second kappa shape index (κ2) is 4.11. The summed E-state index contributed by atoms with van der Waals surface area (Å²) in [5, 5.41) is 15.1. The molecule has 0 aromatic carbocycles. The highest BCUT2D eigenvalue weighted by Crippen LogP contribution is 2.31. The van der Waals surface area contributed by atoms with Crippen LogP contribution in [0.1, 0.15) is 33.4 Å². The molecule has 0 atom stereocenters. The number of nitrogens with two attached hydrogens (primary N) is 1. The molecule has 2 N–H and O–H groups in total. The van der Waals surface area contributed by atoms with E-state index in [0.29, 0.717) is 18.7 Å². The van der Waals surface area contributed by atoms with Crippen molar-refractivity contribution in [2.45, 2.75) is 40.7 Å². The topological polar surface area (TPSA) is 87.0 Å². The van der Waals surface area contributed by atoms with Crippen molar-refractivity contribution in [3.05, 3.63) is 15.8 Å². The molecule has 1 heterocycles. The summed E-state index contributed by atoms with van der Waals surface area (Å²) in [6, 6.07) is 0. The van der Waals surface area contributed by atoms with Crippen LogP contribution in [0.5, 0.6) is 0 Å². The van der Waals surface area contributed by atoms with Gasteiger partial charge < -0.3 is 5.73 Å². The first-order chi connectivity index (χ1) is 7.26. The summed E-state index contributed by atoms with van der Waals surface area (Å²) in [6.45, 7) is 8.43. The maximum atomic E-state index is 10.9. The number of hydrogen-bond donors (Lipinski definition) is 1. The third-order valence-electron chi connectivity index (χ3n) is 2.22. The van der Waals surface area contributed by atoms with Gasteiger partial charge in [0.1, 0.15) is 5.69 Å². The molecule has 1 aromatic rings. The molecular weight excluding hydrogens is 208 g/mol. The average molecular weight is 226 g/mol. The van der Waals surface area contributed by atoms with Crippen LogP contribution < -0.4 is 5.73 Å².